The molecule has 0 aliphatic heterocycles. The molecule has 0 bridgehead atoms. The highest BCUT2D eigenvalue weighted by atomic mass is 79.9. The molecule has 3 heteroatoms. The van der Waals surface area contributed by atoms with E-state index in [4.69, 9.17) is 10.5 Å². The van der Waals surface area contributed by atoms with E-state index in [0.29, 0.717) is 0 Å². The van der Waals surface area contributed by atoms with E-state index in [1.807, 2.05) is 12.1 Å². The fourth-order valence-electron chi connectivity index (χ4n) is 2.29. The van der Waals surface area contributed by atoms with Gasteiger partial charge < -0.3 is 10.5 Å². The maximum atomic E-state index is 6.12. The van der Waals surface area contributed by atoms with Gasteiger partial charge in [-0.3, -0.25) is 0 Å². The third kappa shape index (κ3) is 4.36. The highest BCUT2D eigenvalue weighted by Gasteiger charge is 2.14. The predicted molar refractivity (Wildman–Crippen MR) is 83.5 cm³/mol. The van der Waals surface area contributed by atoms with Crippen LogP contribution in [0.5, 0.6) is 5.75 Å². The fraction of sp³-hybridized carbons (Fsp3) is 0.500. The van der Waals surface area contributed by atoms with Crippen LogP contribution < -0.4 is 10.5 Å². The molecule has 0 fully saturated rings. The number of allylic oxidation sites excluding steroid dienone is 1. The normalized spacial score (nSPS) is 20.3. The Morgan fingerprint density at radius 3 is 3.00 bits per heavy atom. The lowest BCUT2D eigenvalue weighted by molar-refractivity contribution is 0.227. The minimum absolute atomic E-state index is 0.193. The van der Waals surface area contributed by atoms with E-state index >= 15 is 0 Å². The van der Waals surface area contributed by atoms with E-state index in [0.717, 1.165) is 29.5 Å². The molecule has 0 spiro atoms. The number of ether oxygens (including phenoxy) is 1. The molecule has 0 saturated carbocycles. The van der Waals surface area contributed by atoms with E-state index in [9.17, 15) is 0 Å². The molecule has 0 aromatic heterocycles. The van der Waals surface area contributed by atoms with Gasteiger partial charge in [-0.2, -0.15) is 0 Å². The lowest BCUT2D eigenvalue weighted by Crippen LogP contribution is -2.23. The Kier molecular flexibility index (Phi) is 5.46. The van der Waals surface area contributed by atoms with E-state index < -0.39 is 0 Å². The molecule has 104 valence electrons. The van der Waals surface area contributed by atoms with Crippen LogP contribution in [0.15, 0.2) is 34.8 Å². The topological polar surface area (TPSA) is 35.2 Å². The van der Waals surface area contributed by atoms with Crippen molar-refractivity contribution in [3.05, 3.63) is 40.4 Å². The Bertz CT molecular complexity index is 444. The number of benzene rings is 1. The summed E-state index contributed by atoms with van der Waals surface area (Å²) < 4.78 is 7.20. The summed E-state index contributed by atoms with van der Waals surface area (Å²) in [6, 6.07) is 6.39. The molecule has 1 aliphatic carbocycles. The van der Waals surface area contributed by atoms with Crippen molar-refractivity contribution in [3.8, 4) is 5.75 Å². The van der Waals surface area contributed by atoms with Gasteiger partial charge in [-0.05, 0) is 61.9 Å². The van der Waals surface area contributed by atoms with Gasteiger partial charge in [-0.15, -0.1) is 0 Å². The third-order valence-electron chi connectivity index (χ3n) is 3.52. The van der Waals surface area contributed by atoms with Gasteiger partial charge in [-0.25, -0.2) is 0 Å². The number of hydrogen-bond acceptors (Lipinski definition) is 2. The highest BCUT2D eigenvalue weighted by Crippen LogP contribution is 2.27. The zero-order valence-corrected chi connectivity index (χ0v) is 13.0. The maximum Gasteiger partial charge on any atom is 0.123 e. The third-order valence-corrected chi connectivity index (χ3v) is 4.01. The number of halogens is 1. The first-order valence-corrected chi connectivity index (χ1v) is 7.85. The van der Waals surface area contributed by atoms with Crippen molar-refractivity contribution in [1.82, 2.24) is 0 Å². The average Bonchev–Trinajstić information content (AvgIpc) is 2.43. The lowest BCUT2D eigenvalue weighted by Gasteiger charge is -2.21. The SMILES string of the molecule is CCC(N)Cc1cc(Br)ccc1OC1C=CCCC1. The van der Waals surface area contributed by atoms with Gasteiger partial charge >= 0.3 is 0 Å². The van der Waals surface area contributed by atoms with Crippen molar-refractivity contribution in [2.75, 3.05) is 0 Å². The molecule has 2 atom stereocenters. The summed E-state index contributed by atoms with van der Waals surface area (Å²) in [6.45, 7) is 2.12. The number of nitrogens with two attached hydrogens (primary N) is 1. The molecule has 0 radical (unpaired) electrons. The molecule has 2 rings (SSSR count). The van der Waals surface area contributed by atoms with E-state index in [1.165, 1.54) is 18.4 Å². The molecular weight excluding hydrogens is 302 g/mol. The van der Waals surface area contributed by atoms with Gasteiger partial charge in [0.15, 0.2) is 0 Å². The Hall–Kier alpha value is -0.800. The minimum atomic E-state index is 0.193. The number of rotatable bonds is 5. The fourth-order valence-corrected chi connectivity index (χ4v) is 2.70. The Morgan fingerprint density at radius 2 is 2.32 bits per heavy atom. The average molecular weight is 324 g/mol. The molecule has 0 saturated heterocycles. The zero-order valence-electron chi connectivity index (χ0n) is 11.4. The molecule has 1 aromatic carbocycles. The van der Waals surface area contributed by atoms with Crippen LogP contribution >= 0.6 is 15.9 Å². The van der Waals surface area contributed by atoms with Gasteiger partial charge in [-0.1, -0.05) is 28.9 Å². The maximum absolute atomic E-state index is 6.12. The van der Waals surface area contributed by atoms with Gasteiger partial charge in [0.25, 0.3) is 0 Å². The number of hydrogen-bond donors (Lipinski definition) is 1. The van der Waals surface area contributed by atoms with E-state index in [2.05, 4.69) is 41.1 Å². The summed E-state index contributed by atoms with van der Waals surface area (Å²) in [5.74, 6) is 0.976. The Balaban J connectivity index is 2.13. The second kappa shape index (κ2) is 7.11. The summed E-state index contributed by atoms with van der Waals surface area (Å²) >= 11 is 3.52. The second-order valence-corrected chi connectivity index (χ2v) is 6.06. The van der Waals surface area contributed by atoms with Crippen LogP contribution in [0.1, 0.15) is 38.2 Å². The molecule has 2 N–H and O–H groups in total. The van der Waals surface area contributed by atoms with Crippen LogP contribution in [-0.2, 0) is 6.42 Å². The monoisotopic (exact) mass is 323 g/mol. The van der Waals surface area contributed by atoms with Crippen molar-refractivity contribution >= 4 is 15.9 Å². The summed E-state index contributed by atoms with van der Waals surface area (Å²) in [4.78, 5) is 0. The molecule has 1 aromatic rings. The quantitative estimate of drug-likeness (QED) is 0.823. The van der Waals surface area contributed by atoms with Gasteiger partial charge in [0.2, 0.25) is 0 Å². The van der Waals surface area contributed by atoms with Crippen molar-refractivity contribution < 1.29 is 4.74 Å². The Labute approximate surface area is 124 Å². The first-order valence-electron chi connectivity index (χ1n) is 7.06. The molecule has 1 aliphatic rings. The lowest BCUT2D eigenvalue weighted by atomic mass is 10.0. The first-order chi connectivity index (χ1) is 9.19. The van der Waals surface area contributed by atoms with E-state index in [-0.39, 0.29) is 12.1 Å². The van der Waals surface area contributed by atoms with Crippen molar-refractivity contribution in [1.29, 1.82) is 0 Å². The van der Waals surface area contributed by atoms with Crippen LogP contribution in [0.2, 0.25) is 0 Å². The van der Waals surface area contributed by atoms with Crippen LogP contribution in [0.4, 0.5) is 0 Å². The predicted octanol–water partition coefficient (Wildman–Crippen LogP) is 4.22. The summed E-state index contributed by atoms with van der Waals surface area (Å²) in [5.41, 5.74) is 7.27. The molecule has 0 amide bonds. The molecular formula is C16H22BrNO. The summed E-state index contributed by atoms with van der Waals surface area (Å²) in [5, 5.41) is 0. The smallest absolute Gasteiger partial charge is 0.123 e. The van der Waals surface area contributed by atoms with Crippen molar-refractivity contribution in [3.63, 3.8) is 0 Å². The first kappa shape index (κ1) is 14.6. The second-order valence-electron chi connectivity index (χ2n) is 5.14. The highest BCUT2D eigenvalue weighted by molar-refractivity contribution is 9.10. The standard InChI is InChI=1S/C16H22BrNO/c1-2-14(18)11-12-10-13(17)8-9-16(12)19-15-6-4-3-5-7-15/h4,6,8-10,14-15H,2-3,5,7,11,18H2,1H3. The molecule has 0 heterocycles. The Morgan fingerprint density at radius 1 is 1.47 bits per heavy atom. The van der Waals surface area contributed by atoms with Crippen LogP contribution in [-0.4, -0.2) is 12.1 Å². The zero-order chi connectivity index (χ0) is 13.7. The molecule has 2 unspecified atom stereocenters. The van der Waals surface area contributed by atoms with Gasteiger partial charge in [0.1, 0.15) is 11.9 Å². The van der Waals surface area contributed by atoms with Gasteiger partial charge in [0.05, 0.1) is 0 Å². The minimum Gasteiger partial charge on any atom is -0.486 e. The molecule has 19 heavy (non-hydrogen) atoms. The summed E-state index contributed by atoms with van der Waals surface area (Å²) in [7, 11) is 0. The molecule has 2 nitrogen and oxygen atoms in total. The van der Waals surface area contributed by atoms with E-state index in [1.54, 1.807) is 0 Å². The van der Waals surface area contributed by atoms with Crippen molar-refractivity contribution in [2.24, 2.45) is 5.73 Å². The van der Waals surface area contributed by atoms with Crippen molar-refractivity contribution in [2.45, 2.75) is 51.2 Å². The van der Waals surface area contributed by atoms with Crippen LogP contribution in [0, 0.1) is 0 Å². The van der Waals surface area contributed by atoms with Crippen LogP contribution in [0.25, 0.3) is 0 Å². The summed E-state index contributed by atoms with van der Waals surface area (Å²) in [6.07, 6.45) is 9.93. The largest absolute Gasteiger partial charge is 0.486 e. The van der Waals surface area contributed by atoms with Crippen LogP contribution in [0.3, 0.4) is 0 Å². The van der Waals surface area contributed by atoms with Gasteiger partial charge in [0, 0.05) is 10.5 Å².